The van der Waals surface area contributed by atoms with Crippen molar-refractivity contribution in [3.63, 3.8) is 0 Å². The van der Waals surface area contributed by atoms with Crippen LogP contribution in [-0.2, 0) is 19.3 Å². The number of rotatable bonds is 7. The summed E-state index contributed by atoms with van der Waals surface area (Å²) < 4.78 is 0. The van der Waals surface area contributed by atoms with Crippen LogP contribution < -0.4 is 0 Å². The maximum Gasteiger partial charge on any atom is -0.0161 e. The average Bonchev–Trinajstić information content (AvgIpc) is 2.71. The molecule has 0 amide bonds. The lowest BCUT2D eigenvalue weighted by molar-refractivity contribution is 0.956. The predicted molar refractivity (Wildman–Crippen MR) is 119 cm³/mol. The first-order valence-electron chi connectivity index (χ1n) is 9.75. The van der Waals surface area contributed by atoms with Crippen LogP contribution in [0.2, 0.25) is 0 Å². The molecule has 0 aliphatic heterocycles. The summed E-state index contributed by atoms with van der Waals surface area (Å²) in [4.78, 5) is 0. The Morgan fingerprint density at radius 3 is 2.26 bits per heavy atom. The van der Waals surface area contributed by atoms with Gasteiger partial charge in [0.2, 0.25) is 0 Å². The van der Waals surface area contributed by atoms with Gasteiger partial charge in [0.25, 0.3) is 0 Å². The van der Waals surface area contributed by atoms with Crippen molar-refractivity contribution in [1.29, 1.82) is 0 Å². The Balaban J connectivity index is 1.64. The Labute approximate surface area is 163 Å². The fourth-order valence-electron chi connectivity index (χ4n) is 3.30. The molecular formula is C27H28. The molecule has 0 saturated heterocycles. The number of allylic oxidation sites excluding steroid dienone is 2. The number of hydrogen-bond donors (Lipinski definition) is 0. The molecule has 0 spiro atoms. The first kappa shape index (κ1) is 18.9. The van der Waals surface area contributed by atoms with Crippen molar-refractivity contribution in [2.24, 2.45) is 0 Å². The molecule has 0 fully saturated rings. The predicted octanol–water partition coefficient (Wildman–Crippen LogP) is 7.07. The van der Waals surface area contributed by atoms with Gasteiger partial charge in [-0.2, -0.15) is 0 Å². The third kappa shape index (κ3) is 5.31. The van der Waals surface area contributed by atoms with E-state index >= 15 is 0 Å². The van der Waals surface area contributed by atoms with Crippen LogP contribution in [0.4, 0.5) is 0 Å². The van der Waals surface area contributed by atoms with Crippen molar-refractivity contribution in [3.05, 3.63) is 119 Å². The molecule has 0 aliphatic carbocycles. The lowest BCUT2D eigenvalue weighted by atomic mass is 9.99. The van der Waals surface area contributed by atoms with Gasteiger partial charge in [0.1, 0.15) is 0 Å². The van der Waals surface area contributed by atoms with Gasteiger partial charge in [0.15, 0.2) is 0 Å². The van der Waals surface area contributed by atoms with Gasteiger partial charge in [-0.1, -0.05) is 98.5 Å². The van der Waals surface area contributed by atoms with Crippen molar-refractivity contribution >= 4 is 11.6 Å². The van der Waals surface area contributed by atoms with E-state index in [-0.39, 0.29) is 0 Å². The van der Waals surface area contributed by atoms with E-state index in [1.54, 1.807) is 0 Å². The highest BCUT2D eigenvalue weighted by Crippen LogP contribution is 2.19. The molecule has 3 aromatic rings. The van der Waals surface area contributed by atoms with Crippen LogP contribution in [0.5, 0.6) is 0 Å². The van der Waals surface area contributed by atoms with Gasteiger partial charge in [0.05, 0.1) is 0 Å². The van der Waals surface area contributed by atoms with Crippen LogP contribution in [0, 0.1) is 6.92 Å². The molecule has 3 rings (SSSR count). The highest BCUT2D eigenvalue weighted by Gasteiger charge is 2.00. The van der Waals surface area contributed by atoms with E-state index in [1.807, 2.05) is 0 Å². The first-order chi connectivity index (χ1) is 13.2. The molecule has 27 heavy (non-hydrogen) atoms. The summed E-state index contributed by atoms with van der Waals surface area (Å²) in [5.74, 6) is 0. The first-order valence-corrected chi connectivity index (χ1v) is 9.75. The Morgan fingerprint density at radius 2 is 1.52 bits per heavy atom. The third-order valence-corrected chi connectivity index (χ3v) is 5.05. The van der Waals surface area contributed by atoms with Crippen LogP contribution in [-0.4, -0.2) is 0 Å². The summed E-state index contributed by atoms with van der Waals surface area (Å²) >= 11 is 0. The van der Waals surface area contributed by atoms with E-state index in [0.29, 0.717) is 0 Å². The molecule has 0 heterocycles. The molecule has 0 bridgehead atoms. The molecule has 0 N–H and O–H groups in total. The van der Waals surface area contributed by atoms with Crippen LogP contribution in [0.3, 0.4) is 0 Å². The van der Waals surface area contributed by atoms with Gasteiger partial charge < -0.3 is 0 Å². The molecule has 0 nitrogen and oxygen atoms in total. The van der Waals surface area contributed by atoms with Crippen LogP contribution in [0.15, 0.2) is 85.5 Å². The number of benzene rings is 3. The third-order valence-electron chi connectivity index (χ3n) is 5.05. The van der Waals surface area contributed by atoms with Gasteiger partial charge in [0, 0.05) is 0 Å². The monoisotopic (exact) mass is 352 g/mol. The second-order valence-corrected chi connectivity index (χ2v) is 7.09. The molecule has 0 heteroatoms. The van der Waals surface area contributed by atoms with E-state index in [2.05, 4.69) is 105 Å². The Hall–Kier alpha value is -2.86. The SMILES string of the molecule is C=C(/C=C/c1cccc(CCc2ccc(CC)cc2)c1)c1ccccc1C. The summed E-state index contributed by atoms with van der Waals surface area (Å²) in [6.45, 7) is 8.55. The Bertz CT molecular complexity index is 926. The van der Waals surface area contributed by atoms with E-state index in [0.717, 1.165) is 24.8 Å². The molecular weight excluding hydrogens is 324 g/mol. The van der Waals surface area contributed by atoms with Crippen molar-refractivity contribution in [1.82, 2.24) is 0 Å². The fraction of sp³-hybridized carbons (Fsp3) is 0.185. The zero-order valence-electron chi connectivity index (χ0n) is 16.4. The topological polar surface area (TPSA) is 0 Å². The fourth-order valence-corrected chi connectivity index (χ4v) is 3.30. The van der Waals surface area contributed by atoms with Gasteiger partial charge >= 0.3 is 0 Å². The summed E-state index contributed by atoms with van der Waals surface area (Å²) in [5.41, 5.74) is 8.92. The highest BCUT2D eigenvalue weighted by atomic mass is 14.1. The quantitative estimate of drug-likeness (QED) is 0.399. The Kier molecular flexibility index (Phi) is 6.44. The highest BCUT2D eigenvalue weighted by molar-refractivity contribution is 5.78. The van der Waals surface area contributed by atoms with E-state index < -0.39 is 0 Å². The molecule has 0 aromatic heterocycles. The minimum Gasteiger partial charge on any atom is -0.0911 e. The molecule has 136 valence electrons. The van der Waals surface area contributed by atoms with E-state index in [1.165, 1.54) is 33.4 Å². The molecule has 0 atom stereocenters. The van der Waals surface area contributed by atoms with E-state index in [9.17, 15) is 0 Å². The minimum atomic E-state index is 1.05. The molecule has 0 radical (unpaired) electrons. The summed E-state index contributed by atoms with van der Waals surface area (Å²) in [6.07, 6.45) is 7.51. The van der Waals surface area contributed by atoms with Gasteiger partial charge in [-0.05, 0) is 65.1 Å². The van der Waals surface area contributed by atoms with Crippen LogP contribution in [0.25, 0.3) is 11.6 Å². The van der Waals surface area contributed by atoms with Crippen molar-refractivity contribution in [2.75, 3.05) is 0 Å². The van der Waals surface area contributed by atoms with E-state index in [4.69, 9.17) is 0 Å². The Morgan fingerprint density at radius 1 is 0.815 bits per heavy atom. The largest absolute Gasteiger partial charge is 0.0911 e. The average molecular weight is 353 g/mol. The smallest absolute Gasteiger partial charge is 0.0161 e. The molecule has 0 aliphatic rings. The molecule has 0 unspecified atom stereocenters. The summed E-state index contributed by atoms with van der Waals surface area (Å²) in [6, 6.07) is 26.2. The standard InChI is InChI=1S/C27H28/c1-4-23-14-16-24(17-15-23)18-19-26-10-7-9-25(20-26)13-12-22(3)27-11-6-5-8-21(27)2/h5-17,20H,3-4,18-19H2,1-2H3/b13-12+. The second kappa shape index (κ2) is 9.19. The normalized spacial score (nSPS) is 11.0. The van der Waals surface area contributed by atoms with Gasteiger partial charge in [-0.3, -0.25) is 0 Å². The second-order valence-electron chi connectivity index (χ2n) is 7.09. The lowest BCUT2D eigenvalue weighted by Crippen LogP contribution is -1.92. The van der Waals surface area contributed by atoms with Crippen LogP contribution >= 0.6 is 0 Å². The van der Waals surface area contributed by atoms with Crippen LogP contribution in [0.1, 0.15) is 40.3 Å². The number of aryl methyl sites for hydroxylation is 4. The lowest BCUT2D eigenvalue weighted by Gasteiger charge is -2.06. The van der Waals surface area contributed by atoms with Gasteiger partial charge in [-0.15, -0.1) is 0 Å². The van der Waals surface area contributed by atoms with Crippen molar-refractivity contribution < 1.29 is 0 Å². The summed E-state index contributed by atoms with van der Waals surface area (Å²) in [5, 5.41) is 0. The van der Waals surface area contributed by atoms with Crippen molar-refractivity contribution in [2.45, 2.75) is 33.1 Å². The van der Waals surface area contributed by atoms with Gasteiger partial charge in [-0.25, -0.2) is 0 Å². The zero-order valence-corrected chi connectivity index (χ0v) is 16.4. The zero-order chi connectivity index (χ0) is 19.1. The maximum absolute atomic E-state index is 4.23. The summed E-state index contributed by atoms with van der Waals surface area (Å²) in [7, 11) is 0. The van der Waals surface area contributed by atoms with Crippen molar-refractivity contribution in [3.8, 4) is 0 Å². The minimum absolute atomic E-state index is 1.05. The molecule has 3 aromatic carbocycles. The number of hydrogen-bond acceptors (Lipinski definition) is 0. The maximum atomic E-state index is 4.23. The molecule has 0 saturated carbocycles.